The monoisotopic (exact) mass is 146 g/mol. The lowest BCUT2D eigenvalue weighted by molar-refractivity contribution is 0.168. The van der Waals surface area contributed by atoms with Gasteiger partial charge in [-0.05, 0) is 0 Å². The van der Waals surface area contributed by atoms with Gasteiger partial charge in [-0.25, -0.2) is 4.39 Å². The molecule has 0 spiro atoms. The Morgan fingerprint density at radius 2 is 1.62 bits per heavy atom. The summed E-state index contributed by atoms with van der Waals surface area (Å²) in [7, 11) is -3.67. The van der Waals surface area contributed by atoms with Crippen LogP contribution < -0.4 is 0 Å². The Labute approximate surface area is 46.7 Å². The average molecular weight is 146 g/mol. The molecular weight excluding hydrogens is 139 g/mol. The summed E-state index contributed by atoms with van der Waals surface area (Å²) < 4.78 is 35.7. The Hall–Kier alpha value is -0.200. The molecule has 0 aliphatic carbocycles. The van der Waals surface area contributed by atoms with E-state index < -0.39 is 17.0 Å². The van der Waals surface area contributed by atoms with Crippen molar-refractivity contribution in [2.45, 2.75) is 0 Å². The van der Waals surface area contributed by atoms with Crippen LogP contribution in [0.2, 0.25) is 0 Å². The maximum atomic E-state index is 9.85. The molecule has 52 valence electrons. The summed E-state index contributed by atoms with van der Waals surface area (Å²) in [6, 6.07) is 0. The lowest BCUT2D eigenvalue weighted by Gasteiger charge is -1.69. The Kier molecular flexibility index (Phi) is 6.63. The predicted octanol–water partition coefficient (Wildman–Crippen LogP) is -0.590. The van der Waals surface area contributed by atoms with E-state index in [4.69, 9.17) is 9.66 Å². The molecule has 0 atom stereocenters. The highest BCUT2D eigenvalue weighted by Gasteiger charge is 1.81. The molecule has 0 heterocycles. The number of aliphatic hydroxyl groups excluding tert-OH is 1. The van der Waals surface area contributed by atoms with Crippen LogP contribution >= 0.6 is 0 Å². The van der Waals surface area contributed by atoms with E-state index in [1.54, 1.807) is 0 Å². The number of hydrogen-bond acceptors (Lipinski definition) is 3. The van der Waals surface area contributed by atoms with E-state index in [0.29, 0.717) is 6.26 Å². The molecule has 0 unspecified atom stereocenters. The highest BCUT2D eigenvalue weighted by Crippen LogP contribution is 1.60. The molecule has 4 nitrogen and oxygen atoms in total. The highest BCUT2D eigenvalue weighted by molar-refractivity contribution is 7.85. The van der Waals surface area contributed by atoms with Gasteiger partial charge in [0, 0.05) is 0 Å². The molecule has 0 saturated heterocycles. The summed E-state index contributed by atoms with van der Waals surface area (Å²) in [5, 5.41) is 6.90. The summed E-state index contributed by atoms with van der Waals surface area (Å²) >= 11 is 0. The smallest absolute Gasteiger partial charge is 0.261 e. The van der Waals surface area contributed by atoms with Crippen LogP contribution in [0.5, 0.6) is 0 Å². The molecule has 6 heteroatoms. The summed E-state index contributed by atoms with van der Waals surface area (Å²) in [5.74, 6) is 0. The fourth-order valence-corrected chi connectivity index (χ4v) is 0. The largest absolute Gasteiger partial charge is 0.366 e. The highest BCUT2D eigenvalue weighted by atomic mass is 32.2. The van der Waals surface area contributed by atoms with Crippen molar-refractivity contribution < 1.29 is 22.5 Å². The quantitative estimate of drug-likeness (QED) is 0.448. The molecule has 0 amide bonds. The first-order valence-electron chi connectivity index (χ1n) is 1.51. The van der Waals surface area contributed by atoms with E-state index in [2.05, 4.69) is 0 Å². The molecule has 0 aromatic heterocycles. The number of aliphatic hydroxyl groups is 1. The molecular formula is C2H7FO4S. The molecule has 0 fully saturated rings. The average Bonchev–Trinajstić information content (AvgIpc) is 1.27. The second-order valence-electron chi connectivity index (χ2n) is 0.853. The Bertz CT molecular complexity index is 108. The van der Waals surface area contributed by atoms with E-state index in [0.717, 1.165) is 0 Å². The van der Waals surface area contributed by atoms with Gasteiger partial charge in [0.2, 0.25) is 0 Å². The van der Waals surface area contributed by atoms with Crippen LogP contribution in [0.4, 0.5) is 4.39 Å². The fraction of sp³-hybridized carbons (Fsp3) is 1.00. The molecule has 0 aromatic carbocycles. The SMILES string of the molecule is CS(=O)(=O)O.OCF. The van der Waals surface area contributed by atoms with E-state index in [1.165, 1.54) is 0 Å². The summed E-state index contributed by atoms with van der Waals surface area (Å²) in [5.41, 5.74) is 0. The van der Waals surface area contributed by atoms with Crippen molar-refractivity contribution in [1.82, 2.24) is 0 Å². The summed E-state index contributed by atoms with van der Waals surface area (Å²) in [6.45, 7) is -1.25. The maximum Gasteiger partial charge on any atom is 0.261 e. The van der Waals surface area contributed by atoms with Crippen molar-refractivity contribution in [1.29, 1.82) is 0 Å². The van der Waals surface area contributed by atoms with Gasteiger partial charge in [0.05, 0.1) is 6.26 Å². The molecule has 0 bridgehead atoms. The lowest BCUT2D eigenvalue weighted by atomic mass is 11.6. The first kappa shape index (κ1) is 10.7. The third-order valence-corrected chi connectivity index (χ3v) is 0. The van der Waals surface area contributed by atoms with Crippen LogP contribution in [0.1, 0.15) is 0 Å². The maximum absolute atomic E-state index is 9.85. The van der Waals surface area contributed by atoms with Gasteiger partial charge in [0.15, 0.2) is 6.86 Å². The minimum absolute atomic E-state index is 0.715. The van der Waals surface area contributed by atoms with Crippen molar-refractivity contribution in [2.75, 3.05) is 13.1 Å². The van der Waals surface area contributed by atoms with Gasteiger partial charge >= 0.3 is 0 Å². The number of hydrogen-bond donors (Lipinski definition) is 2. The van der Waals surface area contributed by atoms with Crippen molar-refractivity contribution >= 4 is 10.1 Å². The molecule has 0 radical (unpaired) electrons. The molecule has 0 saturated carbocycles. The lowest BCUT2D eigenvalue weighted by Crippen LogP contribution is -1.88. The van der Waals surface area contributed by atoms with Crippen molar-refractivity contribution in [2.24, 2.45) is 0 Å². The second-order valence-corrected chi connectivity index (χ2v) is 2.32. The fourth-order valence-electron chi connectivity index (χ4n) is 0. The predicted molar refractivity (Wildman–Crippen MR) is 25.7 cm³/mol. The van der Waals surface area contributed by atoms with E-state index >= 15 is 0 Å². The Morgan fingerprint density at radius 1 is 1.62 bits per heavy atom. The van der Waals surface area contributed by atoms with Gasteiger partial charge in [0.25, 0.3) is 10.1 Å². The summed E-state index contributed by atoms with van der Waals surface area (Å²) in [4.78, 5) is 0. The van der Waals surface area contributed by atoms with Crippen molar-refractivity contribution in [3.63, 3.8) is 0 Å². The molecule has 8 heavy (non-hydrogen) atoms. The molecule has 0 rings (SSSR count). The second kappa shape index (κ2) is 4.95. The van der Waals surface area contributed by atoms with Crippen molar-refractivity contribution in [3.8, 4) is 0 Å². The van der Waals surface area contributed by atoms with Crippen LogP contribution in [-0.2, 0) is 10.1 Å². The van der Waals surface area contributed by atoms with E-state index in [9.17, 15) is 12.8 Å². The van der Waals surface area contributed by atoms with Gasteiger partial charge in [-0.2, -0.15) is 8.42 Å². The summed E-state index contributed by atoms with van der Waals surface area (Å²) in [6.07, 6.45) is 0.715. The van der Waals surface area contributed by atoms with Crippen LogP contribution in [0.15, 0.2) is 0 Å². The molecule has 0 aliphatic rings. The molecule has 0 aliphatic heterocycles. The minimum atomic E-state index is -3.67. The van der Waals surface area contributed by atoms with Crippen LogP contribution in [-0.4, -0.2) is 31.2 Å². The standard InChI is InChI=1S/CH3FO.CH4O3S/c2-1-3;1-5(2,3)4/h3H,1H2;1H3,(H,2,3,4). The Balaban J connectivity index is 0. The van der Waals surface area contributed by atoms with Gasteiger partial charge in [-0.15, -0.1) is 0 Å². The number of halogens is 1. The van der Waals surface area contributed by atoms with Gasteiger partial charge in [0.1, 0.15) is 0 Å². The number of alkyl halides is 1. The first-order chi connectivity index (χ1) is 3.41. The van der Waals surface area contributed by atoms with E-state index in [1.807, 2.05) is 0 Å². The van der Waals surface area contributed by atoms with E-state index in [-0.39, 0.29) is 0 Å². The molecule has 0 aromatic rings. The van der Waals surface area contributed by atoms with Crippen LogP contribution in [0.3, 0.4) is 0 Å². The first-order valence-corrected chi connectivity index (χ1v) is 3.36. The normalized spacial score (nSPS) is 9.50. The van der Waals surface area contributed by atoms with Crippen LogP contribution in [0.25, 0.3) is 0 Å². The van der Waals surface area contributed by atoms with Gasteiger partial charge in [-0.3, -0.25) is 4.55 Å². The zero-order chi connectivity index (χ0) is 7.21. The zero-order valence-electron chi connectivity index (χ0n) is 4.20. The van der Waals surface area contributed by atoms with Gasteiger partial charge in [-0.1, -0.05) is 0 Å². The minimum Gasteiger partial charge on any atom is -0.366 e. The third-order valence-electron chi connectivity index (χ3n) is 0. The zero-order valence-corrected chi connectivity index (χ0v) is 5.02. The molecule has 2 N–H and O–H groups in total. The van der Waals surface area contributed by atoms with Crippen LogP contribution in [0, 0.1) is 0 Å². The topological polar surface area (TPSA) is 74.6 Å². The number of rotatable bonds is 0. The third kappa shape index (κ3) is 3340. The van der Waals surface area contributed by atoms with Gasteiger partial charge < -0.3 is 5.11 Å². The van der Waals surface area contributed by atoms with Crippen molar-refractivity contribution in [3.05, 3.63) is 0 Å². The Morgan fingerprint density at radius 3 is 1.62 bits per heavy atom.